The molecule has 1 fully saturated rings. The van der Waals surface area contributed by atoms with Crippen molar-refractivity contribution in [3.05, 3.63) is 28.8 Å². The van der Waals surface area contributed by atoms with Gasteiger partial charge in [-0.3, -0.25) is 0 Å². The van der Waals surface area contributed by atoms with E-state index in [1.165, 1.54) is 29.5 Å². The van der Waals surface area contributed by atoms with Gasteiger partial charge in [-0.25, -0.2) is 0 Å². The summed E-state index contributed by atoms with van der Waals surface area (Å²) in [5.41, 5.74) is 4.82. The van der Waals surface area contributed by atoms with Gasteiger partial charge in [-0.1, -0.05) is 23.2 Å². The summed E-state index contributed by atoms with van der Waals surface area (Å²) in [5, 5.41) is 3.54. The monoisotopic (exact) mass is 257 g/mol. The molecule has 2 nitrogen and oxygen atoms in total. The maximum absolute atomic E-state index is 6.11. The van der Waals surface area contributed by atoms with Gasteiger partial charge in [0.2, 0.25) is 0 Å². The smallest absolute Gasteiger partial charge is 0.114 e. The van der Waals surface area contributed by atoms with Gasteiger partial charge in [-0.05, 0) is 50.7 Å². The molecule has 0 unspecified atom stereocenters. The summed E-state index contributed by atoms with van der Waals surface area (Å²) in [7, 11) is 6.11. The zero-order chi connectivity index (χ0) is 13.7. The fourth-order valence-corrected chi connectivity index (χ4v) is 2.29. The van der Waals surface area contributed by atoms with Crippen LogP contribution in [0.3, 0.4) is 0 Å². The molecule has 1 aromatic carbocycles. The molecule has 0 atom stereocenters. The number of aryl methyl sites for hydroxylation is 1. The molecule has 0 saturated heterocycles. The average Bonchev–Trinajstić information content (AvgIpc) is 3.21. The third kappa shape index (κ3) is 4.66. The second-order valence-electron chi connectivity index (χ2n) is 5.42. The predicted octanol–water partition coefficient (Wildman–Crippen LogP) is 2.01. The van der Waals surface area contributed by atoms with Gasteiger partial charge in [0.15, 0.2) is 0 Å². The number of ether oxygens (including phenoxy) is 1. The van der Waals surface area contributed by atoms with Gasteiger partial charge in [0, 0.05) is 25.8 Å². The van der Waals surface area contributed by atoms with E-state index in [9.17, 15) is 0 Å². The van der Waals surface area contributed by atoms with Crippen LogP contribution >= 0.6 is 0 Å². The van der Waals surface area contributed by atoms with Crippen LogP contribution in [0.25, 0.3) is 0 Å². The lowest BCUT2D eigenvalue weighted by molar-refractivity contribution is 0.145. The molecule has 1 aliphatic rings. The summed E-state index contributed by atoms with van der Waals surface area (Å²) in [4.78, 5) is 0. The molecule has 19 heavy (non-hydrogen) atoms. The van der Waals surface area contributed by atoms with E-state index in [1.807, 2.05) is 6.92 Å². The fourth-order valence-electron chi connectivity index (χ4n) is 2.29. The van der Waals surface area contributed by atoms with Gasteiger partial charge in [0.05, 0.1) is 0 Å². The van der Waals surface area contributed by atoms with Crippen molar-refractivity contribution in [2.75, 3.05) is 13.2 Å². The summed E-state index contributed by atoms with van der Waals surface area (Å²) in [6.07, 6.45) is 4.76. The minimum absolute atomic E-state index is 0.740. The van der Waals surface area contributed by atoms with E-state index in [1.54, 1.807) is 0 Å². The van der Waals surface area contributed by atoms with Crippen molar-refractivity contribution in [3.63, 3.8) is 0 Å². The quantitative estimate of drug-likeness (QED) is 0.568. The average molecular weight is 257 g/mol. The lowest BCUT2D eigenvalue weighted by Crippen LogP contribution is -2.19. The topological polar surface area (TPSA) is 21.3 Å². The Balaban J connectivity index is 1.94. The van der Waals surface area contributed by atoms with Gasteiger partial charge in [-0.2, -0.15) is 0 Å². The highest BCUT2D eigenvalue weighted by molar-refractivity contribution is 6.33. The summed E-state index contributed by atoms with van der Waals surface area (Å²) >= 11 is 0. The third-order valence-electron chi connectivity index (χ3n) is 3.73. The van der Waals surface area contributed by atoms with Crippen molar-refractivity contribution < 1.29 is 4.74 Å². The molecule has 1 N–H and O–H groups in total. The van der Waals surface area contributed by atoms with Crippen LogP contribution in [0.15, 0.2) is 12.1 Å². The second-order valence-corrected chi connectivity index (χ2v) is 5.42. The summed E-state index contributed by atoms with van der Waals surface area (Å²) < 4.78 is 5.40. The molecule has 102 valence electrons. The van der Waals surface area contributed by atoms with E-state index in [0.29, 0.717) is 0 Å². The number of hydrogen-bond donors (Lipinski definition) is 1. The van der Waals surface area contributed by atoms with Crippen molar-refractivity contribution >= 4 is 13.3 Å². The summed E-state index contributed by atoms with van der Waals surface area (Å²) in [6, 6.07) is 5.15. The highest BCUT2D eigenvalue weighted by atomic mass is 16.5. The molecular formula is C16H24BNO. The zero-order valence-corrected chi connectivity index (χ0v) is 12.2. The number of nitrogens with one attached hydrogen (secondary N) is 1. The second kappa shape index (κ2) is 7.11. The third-order valence-corrected chi connectivity index (χ3v) is 3.73. The molecule has 1 saturated carbocycles. The first-order valence-electron chi connectivity index (χ1n) is 7.39. The predicted molar refractivity (Wildman–Crippen MR) is 81.2 cm³/mol. The highest BCUT2D eigenvalue weighted by Gasteiger charge is 2.20. The van der Waals surface area contributed by atoms with E-state index in [-0.39, 0.29) is 0 Å². The minimum Gasteiger partial charge on any atom is -0.382 e. The van der Waals surface area contributed by atoms with Gasteiger partial charge in [0.25, 0.3) is 0 Å². The van der Waals surface area contributed by atoms with Crippen molar-refractivity contribution in [1.82, 2.24) is 5.32 Å². The van der Waals surface area contributed by atoms with Crippen molar-refractivity contribution in [2.45, 2.75) is 52.1 Å². The van der Waals surface area contributed by atoms with Gasteiger partial charge < -0.3 is 10.1 Å². The summed E-state index contributed by atoms with van der Waals surface area (Å²) in [5.74, 6) is 0. The van der Waals surface area contributed by atoms with Gasteiger partial charge >= 0.3 is 0 Å². The Morgan fingerprint density at radius 1 is 1.37 bits per heavy atom. The van der Waals surface area contributed by atoms with E-state index in [2.05, 4.69) is 24.4 Å². The fraction of sp³-hybridized carbons (Fsp3) is 0.625. The molecule has 0 aliphatic heterocycles. The van der Waals surface area contributed by atoms with Gasteiger partial charge in [0.1, 0.15) is 7.85 Å². The lowest BCUT2D eigenvalue weighted by atomic mass is 9.85. The van der Waals surface area contributed by atoms with E-state index in [4.69, 9.17) is 12.6 Å². The molecule has 2 rings (SSSR count). The summed E-state index contributed by atoms with van der Waals surface area (Å²) in [6.45, 7) is 6.72. The van der Waals surface area contributed by atoms with E-state index >= 15 is 0 Å². The van der Waals surface area contributed by atoms with Crippen LogP contribution in [0.4, 0.5) is 0 Å². The first kappa shape index (κ1) is 14.6. The van der Waals surface area contributed by atoms with Crippen molar-refractivity contribution in [3.8, 4) is 0 Å². The van der Waals surface area contributed by atoms with Gasteiger partial charge in [-0.15, -0.1) is 0 Å². The number of rotatable bonds is 8. The Morgan fingerprint density at radius 3 is 2.84 bits per heavy atom. The van der Waals surface area contributed by atoms with Crippen molar-refractivity contribution in [1.29, 1.82) is 0 Å². The molecule has 1 aromatic rings. The van der Waals surface area contributed by atoms with Crippen LogP contribution in [0, 0.1) is 6.92 Å². The largest absolute Gasteiger partial charge is 0.382 e. The van der Waals surface area contributed by atoms with E-state index in [0.717, 1.165) is 44.1 Å². The Morgan fingerprint density at radius 2 is 2.16 bits per heavy atom. The normalized spacial score (nSPS) is 14.8. The molecular weight excluding hydrogens is 233 g/mol. The number of hydrogen-bond acceptors (Lipinski definition) is 2. The van der Waals surface area contributed by atoms with Crippen LogP contribution in [-0.2, 0) is 17.7 Å². The maximum Gasteiger partial charge on any atom is 0.114 e. The Bertz CT molecular complexity index is 415. The number of benzene rings is 1. The van der Waals surface area contributed by atoms with E-state index < -0.39 is 0 Å². The SMILES string of the molecule is [B]c1cc(CNC2CC2)cc(CCCOCC)c1C. The molecule has 0 spiro atoms. The van der Waals surface area contributed by atoms with Crippen LogP contribution in [0.5, 0.6) is 0 Å². The molecule has 0 bridgehead atoms. The minimum atomic E-state index is 0.740. The Hall–Kier alpha value is -0.795. The van der Waals surface area contributed by atoms with Crippen molar-refractivity contribution in [2.24, 2.45) is 0 Å². The zero-order valence-electron chi connectivity index (χ0n) is 12.2. The maximum atomic E-state index is 6.11. The molecule has 0 heterocycles. The van der Waals surface area contributed by atoms with Crippen LogP contribution in [-0.4, -0.2) is 27.1 Å². The molecule has 2 radical (unpaired) electrons. The first-order chi connectivity index (χ1) is 9.20. The molecule has 3 heteroatoms. The molecule has 1 aliphatic carbocycles. The molecule has 0 aromatic heterocycles. The Labute approximate surface area is 118 Å². The van der Waals surface area contributed by atoms with Crippen LogP contribution in [0.2, 0.25) is 0 Å². The Kier molecular flexibility index (Phi) is 5.47. The standard InChI is InChI=1S/C16H24BNO/c1-3-19-8-4-5-14-9-13(10-16(17)12(14)2)11-18-15-6-7-15/h9-10,15,18H,3-8,11H2,1-2H3. The van der Waals surface area contributed by atoms with Crippen LogP contribution in [0.1, 0.15) is 42.9 Å². The van der Waals surface area contributed by atoms with Crippen LogP contribution < -0.4 is 10.8 Å². The molecule has 0 amide bonds. The first-order valence-corrected chi connectivity index (χ1v) is 7.39. The lowest BCUT2D eigenvalue weighted by Gasteiger charge is -2.13. The highest BCUT2D eigenvalue weighted by Crippen LogP contribution is 2.19.